The van der Waals surface area contributed by atoms with E-state index >= 15 is 0 Å². The molecule has 1 saturated carbocycles. The van der Waals surface area contributed by atoms with Crippen molar-refractivity contribution in [1.82, 2.24) is 4.90 Å². The third-order valence-electron chi connectivity index (χ3n) is 6.76. The minimum atomic E-state index is -0.546. The van der Waals surface area contributed by atoms with Gasteiger partial charge in [-0.05, 0) is 65.6 Å². The van der Waals surface area contributed by atoms with Crippen LogP contribution < -0.4 is 18.9 Å². The van der Waals surface area contributed by atoms with Gasteiger partial charge in [-0.25, -0.2) is 0 Å². The van der Waals surface area contributed by atoms with Crippen LogP contribution in [0.2, 0.25) is 0 Å². The summed E-state index contributed by atoms with van der Waals surface area (Å²) in [7, 11) is 6.63. The molecule has 0 spiro atoms. The van der Waals surface area contributed by atoms with Gasteiger partial charge in [-0.3, -0.25) is 4.90 Å². The Morgan fingerprint density at radius 3 is 2.27 bits per heavy atom. The quantitative estimate of drug-likeness (QED) is 0.781. The highest BCUT2D eigenvalue weighted by molar-refractivity contribution is 5.85. The van der Waals surface area contributed by atoms with E-state index in [0.29, 0.717) is 23.8 Å². The molecule has 6 heteroatoms. The van der Waals surface area contributed by atoms with Crippen molar-refractivity contribution in [2.45, 2.75) is 31.4 Å². The summed E-state index contributed by atoms with van der Waals surface area (Å²) in [5, 5.41) is 11.1. The van der Waals surface area contributed by atoms with E-state index in [1.165, 1.54) is 18.4 Å². The summed E-state index contributed by atoms with van der Waals surface area (Å²) >= 11 is 0. The van der Waals surface area contributed by atoms with Crippen molar-refractivity contribution in [2.75, 3.05) is 41.5 Å². The molecule has 1 fully saturated rings. The zero-order valence-corrected chi connectivity index (χ0v) is 18.0. The van der Waals surface area contributed by atoms with Crippen LogP contribution in [0, 0.1) is 5.92 Å². The lowest BCUT2D eigenvalue weighted by Gasteiger charge is -2.44. The summed E-state index contributed by atoms with van der Waals surface area (Å²) in [5.41, 5.74) is 5.35. The van der Waals surface area contributed by atoms with Gasteiger partial charge in [-0.1, -0.05) is 0 Å². The molecule has 2 aromatic carbocycles. The van der Waals surface area contributed by atoms with E-state index in [2.05, 4.69) is 11.0 Å². The summed E-state index contributed by atoms with van der Waals surface area (Å²) in [5.74, 6) is 3.50. The standard InChI is InChI=1S/C24H29NO5/c1-27-19-8-14-7-17-22-16(18(26)12-25(17)11-13-5-6-13)10-21(29-3)24(30-4)23(22)15(14)9-20(19)28-2/h8-10,13,17-18,26H,5-7,11-12H2,1-4H3. The van der Waals surface area contributed by atoms with E-state index in [0.717, 1.165) is 46.9 Å². The number of aliphatic hydroxyl groups is 1. The van der Waals surface area contributed by atoms with Gasteiger partial charge in [0.25, 0.3) is 0 Å². The van der Waals surface area contributed by atoms with Crippen molar-refractivity contribution in [2.24, 2.45) is 5.92 Å². The molecule has 1 N–H and O–H groups in total. The summed E-state index contributed by atoms with van der Waals surface area (Å²) in [6, 6.07) is 6.25. The number of methoxy groups -OCH3 is 4. The number of nitrogens with zero attached hydrogens (tertiary/aromatic N) is 1. The number of hydrogen-bond acceptors (Lipinski definition) is 6. The van der Waals surface area contributed by atoms with Gasteiger partial charge in [-0.15, -0.1) is 0 Å². The largest absolute Gasteiger partial charge is 0.493 e. The SMILES string of the molecule is COc1cc2c(cc1OC)-c1c(OC)c(OC)cc3c1C(C2)N(CC1CC1)CC3O. The average molecular weight is 411 g/mol. The van der Waals surface area contributed by atoms with Crippen LogP contribution >= 0.6 is 0 Å². The predicted molar refractivity (Wildman–Crippen MR) is 114 cm³/mol. The molecule has 0 bridgehead atoms. The Morgan fingerprint density at radius 1 is 0.933 bits per heavy atom. The molecule has 2 unspecified atom stereocenters. The van der Waals surface area contributed by atoms with Crippen molar-refractivity contribution in [3.8, 4) is 34.1 Å². The summed E-state index contributed by atoms with van der Waals surface area (Å²) < 4.78 is 22.7. The van der Waals surface area contributed by atoms with Crippen LogP contribution in [0.25, 0.3) is 11.1 Å². The Morgan fingerprint density at radius 2 is 1.63 bits per heavy atom. The first-order valence-corrected chi connectivity index (χ1v) is 10.6. The second-order valence-electron chi connectivity index (χ2n) is 8.49. The third-order valence-corrected chi connectivity index (χ3v) is 6.76. The van der Waals surface area contributed by atoms with Gasteiger partial charge in [0, 0.05) is 24.7 Å². The van der Waals surface area contributed by atoms with E-state index in [-0.39, 0.29) is 6.04 Å². The number of aliphatic hydroxyl groups excluding tert-OH is 1. The van der Waals surface area contributed by atoms with Crippen LogP contribution in [0.15, 0.2) is 18.2 Å². The molecule has 3 aliphatic rings. The fourth-order valence-corrected chi connectivity index (χ4v) is 5.16. The summed E-state index contributed by atoms with van der Waals surface area (Å²) in [6.45, 7) is 1.67. The molecule has 6 nitrogen and oxygen atoms in total. The Kier molecular flexibility index (Phi) is 4.79. The summed E-state index contributed by atoms with van der Waals surface area (Å²) in [4.78, 5) is 2.46. The first kappa shape index (κ1) is 19.5. The molecule has 0 saturated heterocycles. The number of fused-ring (bicyclic) bond motifs is 2. The summed E-state index contributed by atoms with van der Waals surface area (Å²) in [6.07, 6.45) is 2.89. The molecular formula is C24H29NO5. The second-order valence-corrected chi connectivity index (χ2v) is 8.49. The molecule has 2 aromatic rings. The highest BCUT2D eigenvalue weighted by Gasteiger charge is 2.42. The third kappa shape index (κ3) is 2.93. The molecule has 160 valence electrons. The Balaban J connectivity index is 1.78. The molecule has 30 heavy (non-hydrogen) atoms. The van der Waals surface area contributed by atoms with Gasteiger partial charge in [0.1, 0.15) is 0 Å². The molecule has 2 aliphatic carbocycles. The molecule has 2 atom stereocenters. The zero-order valence-electron chi connectivity index (χ0n) is 18.0. The lowest BCUT2D eigenvalue weighted by atomic mass is 9.75. The van der Waals surface area contributed by atoms with Crippen LogP contribution in [0.1, 0.15) is 41.7 Å². The molecule has 0 radical (unpaired) electrons. The van der Waals surface area contributed by atoms with E-state index in [9.17, 15) is 5.11 Å². The number of hydrogen-bond donors (Lipinski definition) is 1. The van der Waals surface area contributed by atoms with E-state index in [1.54, 1.807) is 28.4 Å². The number of rotatable bonds is 6. The van der Waals surface area contributed by atoms with Crippen LogP contribution in [0.4, 0.5) is 0 Å². The van der Waals surface area contributed by atoms with Crippen molar-refractivity contribution in [3.63, 3.8) is 0 Å². The van der Waals surface area contributed by atoms with E-state index in [1.807, 2.05) is 12.1 Å². The number of β-amino-alcohol motifs (C(OH)–C–C–N with tert-alkyl or cyclic N) is 1. The Labute approximate surface area is 177 Å². The number of benzene rings is 2. The van der Waals surface area contributed by atoms with Gasteiger partial charge in [0.05, 0.1) is 34.5 Å². The number of ether oxygens (including phenoxy) is 4. The first-order valence-electron chi connectivity index (χ1n) is 10.6. The predicted octanol–water partition coefficient (Wildman–Crippen LogP) is 3.74. The van der Waals surface area contributed by atoms with Gasteiger partial charge in [0.15, 0.2) is 23.0 Å². The van der Waals surface area contributed by atoms with Crippen molar-refractivity contribution < 1.29 is 24.1 Å². The van der Waals surface area contributed by atoms with Crippen molar-refractivity contribution >= 4 is 0 Å². The van der Waals surface area contributed by atoms with Crippen LogP contribution in [-0.4, -0.2) is 51.5 Å². The lowest BCUT2D eigenvalue weighted by Crippen LogP contribution is -2.41. The fourth-order valence-electron chi connectivity index (χ4n) is 5.16. The highest BCUT2D eigenvalue weighted by atomic mass is 16.5. The Bertz CT molecular complexity index is 984. The molecule has 0 aromatic heterocycles. The highest BCUT2D eigenvalue weighted by Crippen LogP contribution is 2.55. The molecule has 5 rings (SSSR count). The molecule has 0 amide bonds. The Hall–Kier alpha value is -2.44. The van der Waals surface area contributed by atoms with Gasteiger partial charge >= 0.3 is 0 Å². The van der Waals surface area contributed by atoms with Gasteiger partial charge in [-0.2, -0.15) is 0 Å². The molecule has 1 heterocycles. The maximum atomic E-state index is 11.1. The molecule has 1 aliphatic heterocycles. The topological polar surface area (TPSA) is 60.4 Å². The van der Waals surface area contributed by atoms with Crippen molar-refractivity contribution in [3.05, 3.63) is 34.9 Å². The maximum Gasteiger partial charge on any atom is 0.168 e. The van der Waals surface area contributed by atoms with E-state index < -0.39 is 6.10 Å². The smallest absolute Gasteiger partial charge is 0.168 e. The minimum Gasteiger partial charge on any atom is -0.493 e. The monoisotopic (exact) mass is 411 g/mol. The normalized spacial score (nSPS) is 22.2. The molecular weight excluding hydrogens is 382 g/mol. The second kappa shape index (κ2) is 7.36. The van der Waals surface area contributed by atoms with Crippen LogP contribution in [0.3, 0.4) is 0 Å². The van der Waals surface area contributed by atoms with Gasteiger partial charge in [0.2, 0.25) is 0 Å². The maximum absolute atomic E-state index is 11.1. The first-order chi connectivity index (χ1) is 14.6. The van der Waals surface area contributed by atoms with Gasteiger partial charge < -0.3 is 24.1 Å². The van der Waals surface area contributed by atoms with Crippen LogP contribution in [0.5, 0.6) is 23.0 Å². The van der Waals surface area contributed by atoms with Crippen LogP contribution in [-0.2, 0) is 6.42 Å². The fraction of sp³-hybridized carbons (Fsp3) is 0.500. The minimum absolute atomic E-state index is 0.199. The lowest BCUT2D eigenvalue weighted by molar-refractivity contribution is 0.0619. The average Bonchev–Trinajstić information content (AvgIpc) is 3.58. The van der Waals surface area contributed by atoms with E-state index in [4.69, 9.17) is 18.9 Å². The zero-order chi connectivity index (χ0) is 21.0. The van der Waals surface area contributed by atoms with Crippen molar-refractivity contribution in [1.29, 1.82) is 0 Å².